The van der Waals surface area contributed by atoms with Crippen LogP contribution in [0.1, 0.15) is 11.1 Å². The molecule has 2 aromatic carbocycles. The third kappa shape index (κ3) is 5.18. The normalized spacial score (nSPS) is 11.7. The van der Waals surface area contributed by atoms with Crippen molar-refractivity contribution in [2.75, 3.05) is 14.2 Å². The van der Waals surface area contributed by atoms with Gasteiger partial charge < -0.3 is 9.47 Å². The predicted molar refractivity (Wildman–Crippen MR) is 102 cm³/mol. The Balaban J connectivity index is 2.44. The van der Waals surface area contributed by atoms with E-state index >= 15 is 0 Å². The maximum Gasteiger partial charge on any atom is 0.332 e. The van der Waals surface area contributed by atoms with Crippen LogP contribution >= 0.6 is 0 Å². The van der Waals surface area contributed by atoms with E-state index in [4.69, 9.17) is 4.74 Å². The van der Waals surface area contributed by atoms with Gasteiger partial charge >= 0.3 is 5.97 Å². The Morgan fingerprint density at radius 2 is 1.74 bits per heavy atom. The molecule has 0 atom stereocenters. The van der Waals surface area contributed by atoms with E-state index in [2.05, 4.69) is 9.84 Å². The summed E-state index contributed by atoms with van der Waals surface area (Å²) in [6, 6.07) is 13.3. The molecule has 0 aliphatic heterocycles. The molecule has 0 amide bonds. The van der Waals surface area contributed by atoms with Crippen LogP contribution in [0.15, 0.2) is 70.8 Å². The van der Waals surface area contributed by atoms with Gasteiger partial charge in [-0.05, 0) is 31.2 Å². The molecule has 0 radical (unpaired) electrons. The Labute approximate surface area is 158 Å². The number of rotatable bonds is 7. The fourth-order valence-corrected chi connectivity index (χ4v) is 3.17. The number of hydrazone groups is 1. The number of carbonyl (C=O) groups is 1. The number of aryl methyl sites for hydroxylation is 1. The third-order valence-corrected chi connectivity index (χ3v) is 5.13. The van der Waals surface area contributed by atoms with E-state index in [9.17, 15) is 13.2 Å². The van der Waals surface area contributed by atoms with Gasteiger partial charge in [0.05, 0.1) is 25.3 Å². The molecule has 8 heteroatoms. The summed E-state index contributed by atoms with van der Waals surface area (Å²) in [5, 5.41) is 4.03. The quantitative estimate of drug-likeness (QED) is 0.315. The smallest absolute Gasteiger partial charge is 0.332 e. The number of esters is 1. The Kier molecular flexibility index (Phi) is 6.73. The van der Waals surface area contributed by atoms with E-state index in [0.29, 0.717) is 15.7 Å². The average Bonchev–Trinajstić information content (AvgIpc) is 2.68. The SMILES string of the molecule is COC(=O)/C=C/N(/N=C/c1ccccc1OC)S(=O)(=O)c1ccc(C)cc1. The molecule has 27 heavy (non-hydrogen) atoms. The standard InChI is InChI=1S/C19H20N2O5S/c1-15-8-10-17(11-9-15)27(23,24)21(13-12-19(22)26-3)20-14-16-6-4-5-7-18(16)25-2/h4-14H,1-3H3/b13-12+,20-14+. The lowest BCUT2D eigenvalue weighted by atomic mass is 10.2. The number of para-hydroxylation sites is 1. The summed E-state index contributed by atoms with van der Waals surface area (Å²) in [4.78, 5) is 11.4. The lowest BCUT2D eigenvalue weighted by Gasteiger charge is -2.15. The van der Waals surface area contributed by atoms with Crippen LogP contribution in [0.5, 0.6) is 5.75 Å². The molecule has 0 spiro atoms. The topological polar surface area (TPSA) is 85.3 Å². The molecule has 0 unspecified atom stereocenters. The second kappa shape index (κ2) is 9.00. The van der Waals surface area contributed by atoms with Gasteiger partial charge in [0.1, 0.15) is 5.75 Å². The summed E-state index contributed by atoms with van der Waals surface area (Å²) in [7, 11) is -1.31. The summed E-state index contributed by atoms with van der Waals surface area (Å²) in [5.74, 6) is -0.169. The first kappa shape index (κ1) is 20.2. The van der Waals surface area contributed by atoms with E-state index in [0.717, 1.165) is 17.8 Å². The molecule has 0 aliphatic carbocycles. The number of benzene rings is 2. The van der Waals surface area contributed by atoms with Crippen molar-refractivity contribution in [3.8, 4) is 5.75 Å². The molecule has 2 rings (SSSR count). The van der Waals surface area contributed by atoms with Crippen molar-refractivity contribution in [3.05, 3.63) is 71.9 Å². The predicted octanol–water partition coefficient (Wildman–Crippen LogP) is 2.72. The summed E-state index contributed by atoms with van der Waals surface area (Å²) in [6.07, 6.45) is 3.35. The van der Waals surface area contributed by atoms with Gasteiger partial charge in [-0.2, -0.15) is 17.9 Å². The van der Waals surface area contributed by atoms with E-state index in [1.54, 1.807) is 36.4 Å². The first-order valence-electron chi connectivity index (χ1n) is 7.92. The zero-order valence-electron chi connectivity index (χ0n) is 15.2. The molecule has 2 aromatic rings. The Hall–Kier alpha value is -3.13. The zero-order chi connectivity index (χ0) is 19.9. The first-order chi connectivity index (χ1) is 12.9. The molecular weight excluding hydrogens is 368 g/mol. The Bertz CT molecular complexity index is 950. The Morgan fingerprint density at radius 1 is 1.07 bits per heavy atom. The lowest BCUT2D eigenvalue weighted by Crippen LogP contribution is -2.21. The van der Waals surface area contributed by atoms with E-state index < -0.39 is 16.0 Å². The van der Waals surface area contributed by atoms with Crippen LogP contribution in [0.2, 0.25) is 0 Å². The lowest BCUT2D eigenvalue weighted by molar-refractivity contribution is -0.134. The molecule has 0 saturated heterocycles. The van der Waals surface area contributed by atoms with E-state index in [-0.39, 0.29) is 4.90 Å². The molecular formula is C19H20N2O5S. The summed E-state index contributed by atoms with van der Waals surface area (Å²) >= 11 is 0. The van der Waals surface area contributed by atoms with Crippen molar-refractivity contribution < 1.29 is 22.7 Å². The molecule has 0 bridgehead atoms. The fraction of sp³-hybridized carbons (Fsp3) is 0.158. The van der Waals surface area contributed by atoms with Crippen molar-refractivity contribution in [2.45, 2.75) is 11.8 Å². The van der Waals surface area contributed by atoms with Crippen LogP contribution in [0, 0.1) is 6.92 Å². The number of ether oxygens (including phenoxy) is 2. The van der Waals surface area contributed by atoms with Crippen molar-refractivity contribution in [3.63, 3.8) is 0 Å². The summed E-state index contributed by atoms with van der Waals surface area (Å²) in [6.45, 7) is 1.85. The number of hydrogen-bond acceptors (Lipinski definition) is 6. The Morgan fingerprint density at radius 3 is 2.37 bits per heavy atom. The first-order valence-corrected chi connectivity index (χ1v) is 9.36. The fourth-order valence-electron chi connectivity index (χ4n) is 2.08. The van der Waals surface area contributed by atoms with Gasteiger partial charge in [-0.25, -0.2) is 4.79 Å². The summed E-state index contributed by atoms with van der Waals surface area (Å²) < 4.78 is 36.2. The number of sulfonamides is 1. The maximum absolute atomic E-state index is 12.9. The zero-order valence-corrected chi connectivity index (χ0v) is 16.0. The molecule has 0 saturated carbocycles. The van der Waals surface area contributed by atoms with Crippen LogP contribution in [-0.4, -0.2) is 39.2 Å². The number of carbonyl (C=O) groups excluding carboxylic acids is 1. The minimum Gasteiger partial charge on any atom is -0.496 e. The third-order valence-electron chi connectivity index (χ3n) is 3.55. The van der Waals surface area contributed by atoms with Crippen LogP contribution in [-0.2, 0) is 19.6 Å². The highest BCUT2D eigenvalue weighted by molar-refractivity contribution is 7.89. The number of methoxy groups -OCH3 is 2. The van der Waals surface area contributed by atoms with Crippen LogP contribution < -0.4 is 4.74 Å². The van der Waals surface area contributed by atoms with Gasteiger partial charge in [-0.15, -0.1) is 0 Å². The maximum atomic E-state index is 12.9. The van der Waals surface area contributed by atoms with Crippen molar-refractivity contribution in [1.29, 1.82) is 0 Å². The molecule has 0 fully saturated rings. The largest absolute Gasteiger partial charge is 0.496 e. The monoisotopic (exact) mass is 388 g/mol. The second-order valence-corrected chi connectivity index (χ2v) is 7.21. The molecule has 0 aliphatic rings. The molecule has 0 aromatic heterocycles. The highest BCUT2D eigenvalue weighted by Gasteiger charge is 2.21. The second-order valence-electron chi connectivity index (χ2n) is 5.42. The average molecular weight is 388 g/mol. The molecule has 7 nitrogen and oxygen atoms in total. The van der Waals surface area contributed by atoms with Gasteiger partial charge in [0.25, 0.3) is 10.0 Å². The van der Waals surface area contributed by atoms with Crippen LogP contribution in [0.25, 0.3) is 0 Å². The molecule has 0 N–H and O–H groups in total. The van der Waals surface area contributed by atoms with Gasteiger partial charge in [0.15, 0.2) is 0 Å². The van der Waals surface area contributed by atoms with E-state index in [1.807, 2.05) is 6.92 Å². The van der Waals surface area contributed by atoms with Gasteiger partial charge in [-0.3, -0.25) is 0 Å². The number of nitrogens with zero attached hydrogens (tertiary/aromatic N) is 2. The van der Waals surface area contributed by atoms with Crippen LogP contribution in [0.4, 0.5) is 0 Å². The van der Waals surface area contributed by atoms with Gasteiger partial charge in [-0.1, -0.05) is 29.8 Å². The molecule has 0 heterocycles. The van der Waals surface area contributed by atoms with E-state index in [1.165, 1.54) is 32.6 Å². The van der Waals surface area contributed by atoms with Crippen molar-refractivity contribution >= 4 is 22.2 Å². The minimum atomic E-state index is -4.01. The highest BCUT2D eigenvalue weighted by Crippen LogP contribution is 2.19. The summed E-state index contributed by atoms with van der Waals surface area (Å²) in [5.41, 5.74) is 1.50. The highest BCUT2D eigenvalue weighted by atomic mass is 32.2. The van der Waals surface area contributed by atoms with Crippen molar-refractivity contribution in [1.82, 2.24) is 4.41 Å². The van der Waals surface area contributed by atoms with Crippen molar-refractivity contribution in [2.24, 2.45) is 5.10 Å². The van der Waals surface area contributed by atoms with Crippen LogP contribution in [0.3, 0.4) is 0 Å². The van der Waals surface area contributed by atoms with Gasteiger partial charge in [0, 0.05) is 17.8 Å². The minimum absolute atomic E-state index is 0.0415. The molecule has 142 valence electrons. The van der Waals surface area contributed by atoms with Gasteiger partial charge in [0.2, 0.25) is 0 Å². The number of hydrogen-bond donors (Lipinski definition) is 0.